The van der Waals surface area contributed by atoms with Crippen molar-refractivity contribution in [3.8, 4) is 0 Å². The molecule has 1 aliphatic heterocycles. The van der Waals surface area contributed by atoms with Crippen molar-refractivity contribution in [2.75, 3.05) is 11.9 Å². The molecule has 2 aliphatic rings. The number of piperidine rings is 1. The quantitative estimate of drug-likeness (QED) is 0.695. The number of nitrogens with zero attached hydrogens (tertiary/aromatic N) is 3. The van der Waals surface area contributed by atoms with Crippen molar-refractivity contribution < 1.29 is 19.1 Å². The third-order valence-electron chi connectivity index (χ3n) is 6.22. The van der Waals surface area contributed by atoms with Crippen molar-refractivity contribution >= 4 is 23.7 Å². The third kappa shape index (κ3) is 5.96. The molecule has 2 N–H and O–H groups in total. The molecule has 1 fully saturated rings. The van der Waals surface area contributed by atoms with Gasteiger partial charge in [-0.15, -0.1) is 0 Å². The highest BCUT2D eigenvalue weighted by Gasteiger charge is 2.35. The summed E-state index contributed by atoms with van der Waals surface area (Å²) in [6.07, 6.45) is 5.93. The van der Waals surface area contributed by atoms with Crippen LogP contribution in [0.5, 0.6) is 0 Å². The van der Waals surface area contributed by atoms with Crippen LogP contribution < -0.4 is 10.6 Å². The number of likely N-dealkylation sites (tertiary alicyclic amines) is 1. The monoisotopic (exact) mass is 479 g/mol. The largest absolute Gasteiger partial charge is 0.444 e. The van der Waals surface area contributed by atoms with Crippen LogP contribution in [0.15, 0.2) is 30.6 Å². The Morgan fingerprint density at radius 2 is 1.80 bits per heavy atom. The van der Waals surface area contributed by atoms with E-state index in [1.807, 2.05) is 0 Å². The van der Waals surface area contributed by atoms with Gasteiger partial charge in [0.25, 0.3) is 5.91 Å². The molecule has 2 atom stereocenters. The Balaban J connectivity index is 1.44. The van der Waals surface area contributed by atoms with Crippen LogP contribution in [0.2, 0.25) is 0 Å². The van der Waals surface area contributed by atoms with E-state index in [1.54, 1.807) is 20.8 Å². The zero-order valence-corrected chi connectivity index (χ0v) is 20.8. The normalized spacial score (nSPS) is 19.6. The molecule has 1 aliphatic carbocycles. The van der Waals surface area contributed by atoms with Gasteiger partial charge in [-0.25, -0.2) is 14.8 Å². The molecule has 0 spiro atoms. The van der Waals surface area contributed by atoms with Gasteiger partial charge < -0.3 is 15.4 Å². The Morgan fingerprint density at radius 3 is 2.57 bits per heavy atom. The number of anilines is 1. The van der Waals surface area contributed by atoms with E-state index in [0.29, 0.717) is 13.0 Å². The molecule has 186 valence electrons. The van der Waals surface area contributed by atoms with Crippen molar-refractivity contribution in [2.24, 2.45) is 0 Å². The van der Waals surface area contributed by atoms with E-state index in [0.717, 1.165) is 25.7 Å². The molecule has 2 unspecified atom stereocenters. The van der Waals surface area contributed by atoms with E-state index in [-0.39, 0.29) is 17.6 Å². The minimum atomic E-state index is -0.705. The fraction of sp³-hybridized carbons (Fsp3) is 0.500. The number of ether oxygens (including phenoxy) is 1. The highest BCUT2D eigenvalue weighted by atomic mass is 16.6. The predicted octanol–water partition coefficient (Wildman–Crippen LogP) is 3.41. The van der Waals surface area contributed by atoms with Crippen molar-refractivity contribution in [2.45, 2.75) is 77.5 Å². The van der Waals surface area contributed by atoms with Gasteiger partial charge in [0.15, 0.2) is 11.5 Å². The maximum absolute atomic E-state index is 13.2. The van der Waals surface area contributed by atoms with Gasteiger partial charge in [0.1, 0.15) is 11.6 Å². The fourth-order valence-corrected chi connectivity index (χ4v) is 4.64. The summed E-state index contributed by atoms with van der Waals surface area (Å²) in [7, 11) is 0. The topological polar surface area (TPSA) is 114 Å². The minimum Gasteiger partial charge on any atom is -0.444 e. The van der Waals surface area contributed by atoms with Crippen molar-refractivity contribution in [1.29, 1.82) is 0 Å². The molecule has 9 nitrogen and oxygen atoms in total. The maximum Gasteiger partial charge on any atom is 0.410 e. The minimum absolute atomic E-state index is 0.0487. The number of hydrogen-bond acceptors (Lipinski definition) is 6. The molecule has 9 heteroatoms. The first-order valence-corrected chi connectivity index (χ1v) is 12.1. The van der Waals surface area contributed by atoms with Gasteiger partial charge in [-0.3, -0.25) is 14.5 Å². The van der Waals surface area contributed by atoms with Gasteiger partial charge >= 0.3 is 6.09 Å². The van der Waals surface area contributed by atoms with E-state index >= 15 is 0 Å². The van der Waals surface area contributed by atoms with Crippen molar-refractivity contribution in [3.05, 3.63) is 53.0 Å². The van der Waals surface area contributed by atoms with Gasteiger partial charge in [0, 0.05) is 25.0 Å². The lowest BCUT2D eigenvalue weighted by Crippen LogP contribution is -2.51. The first kappa shape index (κ1) is 24.6. The van der Waals surface area contributed by atoms with Crippen LogP contribution in [0.3, 0.4) is 0 Å². The summed E-state index contributed by atoms with van der Waals surface area (Å²) >= 11 is 0. The van der Waals surface area contributed by atoms with Crippen LogP contribution in [0.1, 0.15) is 67.2 Å². The second-order valence-corrected chi connectivity index (χ2v) is 10.3. The Bertz CT molecular complexity index is 1130. The molecule has 35 heavy (non-hydrogen) atoms. The Morgan fingerprint density at radius 1 is 1.06 bits per heavy atom. The number of nitrogens with one attached hydrogen (secondary N) is 2. The molecular weight excluding hydrogens is 446 g/mol. The molecule has 1 aromatic carbocycles. The second kappa shape index (κ2) is 10.0. The first-order valence-electron chi connectivity index (χ1n) is 12.1. The molecule has 1 saturated heterocycles. The van der Waals surface area contributed by atoms with Gasteiger partial charge in [0.05, 0.1) is 0 Å². The molecule has 1 aromatic heterocycles. The van der Waals surface area contributed by atoms with Crippen molar-refractivity contribution in [1.82, 2.24) is 20.2 Å². The van der Waals surface area contributed by atoms with Gasteiger partial charge in [0.2, 0.25) is 5.91 Å². The number of aromatic nitrogens is 2. The zero-order chi connectivity index (χ0) is 25.2. The number of carbonyl (C=O) groups excluding carboxylic acids is 3. The predicted molar refractivity (Wildman–Crippen MR) is 131 cm³/mol. The molecular formula is C26H33N5O4. The average molecular weight is 480 g/mol. The highest BCUT2D eigenvalue weighted by molar-refractivity contribution is 6.03. The molecule has 4 rings (SSSR count). The molecule has 2 aromatic rings. The van der Waals surface area contributed by atoms with Crippen LogP contribution >= 0.6 is 0 Å². The summed E-state index contributed by atoms with van der Waals surface area (Å²) in [6.45, 7) is 7.86. The summed E-state index contributed by atoms with van der Waals surface area (Å²) in [4.78, 5) is 48.8. The smallest absolute Gasteiger partial charge is 0.410 e. The van der Waals surface area contributed by atoms with Crippen LogP contribution in [0, 0.1) is 6.92 Å². The average Bonchev–Trinajstić information content (AvgIpc) is 3.19. The van der Waals surface area contributed by atoms with E-state index in [1.165, 1.54) is 34.0 Å². The molecule has 3 amide bonds. The van der Waals surface area contributed by atoms with Gasteiger partial charge in [-0.2, -0.15) is 0 Å². The molecule has 0 saturated carbocycles. The number of rotatable bonds is 4. The van der Waals surface area contributed by atoms with E-state index in [9.17, 15) is 14.4 Å². The van der Waals surface area contributed by atoms with E-state index < -0.39 is 29.6 Å². The Hall–Kier alpha value is -3.49. The van der Waals surface area contributed by atoms with Crippen LogP contribution in [0.4, 0.5) is 10.6 Å². The second-order valence-electron chi connectivity index (χ2n) is 10.3. The summed E-state index contributed by atoms with van der Waals surface area (Å²) in [5.74, 6) is -0.722. The highest BCUT2D eigenvalue weighted by Crippen LogP contribution is 2.25. The number of fused-ring (bicyclic) bond motifs is 1. The van der Waals surface area contributed by atoms with E-state index in [4.69, 9.17) is 4.74 Å². The zero-order valence-electron chi connectivity index (χ0n) is 20.8. The van der Waals surface area contributed by atoms with E-state index in [2.05, 4.69) is 45.7 Å². The Kier molecular flexibility index (Phi) is 7.05. The standard InChI is InChI=1S/C26H33N5O4/c1-16-8-9-17-14-19(15-18(17)13-16)29-24(33)21-22(28-11-10-27-21)30-23(32)20-7-5-6-12-31(20)25(34)35-26(2,3)4/h8-11,13,19-20H,5-7,12,14-15H2,1-4H3,(H,29,33)(H,28,30,32). The van der Waals surface area contributed by atoms with Crippen LogP contribution in [-0.4, -0.2) is 57.0 Å². The molecule has 0 bridgehead atoms. The lowest BCUT2D eigenvalue weighted by atomic mass is 10.0. The van der Waals surface area contributed by atoms with Crippen LogP contribution in [0.25, 0.3) is 0 Å². The fourth-order valence-electron chi connectivity index (χ4n) is 4.64. The van der Waals surface area contributed by atoms with Gasteiger partial charge in [-0.05, 0) is 70.9 Å². The van der Waals surface area contributed by atoms with Crippen molar-refractivity contribution in [3.63, 3.8) is 0 Å². The van der Waals surface area contributed by atoms with Crippen LogP contribution in [-0.2, 0) is 22.4 Å². The Labute approximate surface area is 205 Å². The number of carbonyl (C=O) groups is 3. The number of aryl methyl sites for hydroxylation is 1. The summed E-state index contributed by atoms with van der Waals surface area (Å²) in [5.41, 5.74) is 3.05. The molecule has 2 heterocycles. The summed E-state index contributed by atoms with van der Waals surface area (Å²) < 4.78 is 5.49. The molecule has 0 radical (unpaired) electrons. The van der Waals surface area contributed by atoms with Gasteiger partial charge in [-0.1, -0.05) is 23.8 Å². The lowest BCUT2D eigenvalue weighted by molar-refractivity contribution is -0.122. The lowest BCUT2D eigenvalue weighted by Gasteiger charge is -2.35. The third-order valence-corrected chi connectivity index (χ3v) is 6.22. The number of amides is 3. The first-order chi connectivity index (χ1) is 16.6. The summed E-state index contributed by atoms with van der Waals surface area (Å²) in [5, 5.41) is 5.77. The maximum atomic E-state index is 13.2. The number of benzene rings is 1. The SMILES string of the molecule is Cc1ccc2c(c1)CC(NC(=O)c1nccnc1NC(=O)C1CCCCN1C(=O)OC(C)(C)C)C2. The number of hydrogen-bond donors (Lipinski definition) is 2. The summed E-state index contributed by atoms with van der Waals surface area (Å²) in [6, 6.07) is 5.57.